The number of ketones is 1. The van der Waals surface area contributed by atoms with Crippen LogP contribution in [0.3, 0.4) is 0 Å². The van der Waals surface area contributed by atoms with Crippen LogP contribution in [0.4, 0.5) is 0 Å². The number of carbonyl (C=O) groups excluding carboxylic acids is 1. The highest BCUT2D eigenvalue weighted by Crippen LogP contribution is 2.30. The Labute approximate surface area is 240 Å². The Hall–Kier alpha value is -2.67. The fourth-order valence-corrected chi connectivity index (χ4v) is 3.05. The van der Waals surface area contributed by atoms with Crippen LogP contribution in [0.25, 0.3) is 0 Å². The molecule has 0 spiro atoms. The third-order valence-electron chi connectivity index (χ3n) is 4.98. The van der Waals surface area contributed by atoms with Crippen molar-refractivity contribution in [2.24, 2.45) is 5.92 Å². The Morgan fingerprint density at radius 2 is 1.74 bits per heavy atom. The summed E-state index contributed by atoms with van der Waals surface area (Å²) in [6.07, 6.45) is 16.7. The fourth-order valence-electron chi connectivity index (χ4n) is 3.05. The maximum atomic E-state index is 12.4. The second-order valence-corrected chi connectivity index (χ2v) is 8.75. The van der Waals surface area contributed by atoms with Gasteiger partial charge in [0, 0.05) is 26.3 Å². The molecule has 2 rings (SSSR count). The molecule has 0 aliphatic heterocycles. The molecule has 1 atom stereocenters. The number of hydrogen-bond donors (Lipinski definition) is 1. The van der Waals surface area contributed by atoms with Gasteiger partial charge in [0.2, 0.25) is 0 Å². The normalized spacial score (nSPS) is 17.8. The lowest BCUT2D eigenvalue weighted by molar-refractivity contribution is -0.111. The molecule has 224 valence electrons. The van der Waals surface area contributed by atoms with Crippen LogP contribution in [0, 0.1) is 5.92 Å². The van der Waals surface area contributed by atoms with E-state index in [1.54, 1.807) is 20.3 Å². The van der Waals surface area contributed by atoms with Gasteiger partial charge in [-0.25, -0.2) is 0 Å². The van der Waals surface area contributed by atoms with E-state index in [4.69, 9.17) is 9.47 Å². The van der Waals surface area contributed by atoms with Crippen molar-refractivity contribution >= 4 is 5.78 Å². The zero-order valence-corrected chi connectivity index (χ0v) is 26.9. The summed E-state index contributed by atoms with van der Waals surface area (Å²) in [7, 11) is 11.0. The molecule has 2 aliphatic carbocycles. The number of ether oxygens (including phenoxy) is 3. The van der Waals surface area contributed by atoms with Crippen molar-refractivity contribution in [1.29, 1.82) is 0 Å². The molecular weight excluding hydrogens is 488 g/mol. The Bertz CT molecular complexity index is 816. The van der Waals surface area contributed by atoms with E-state index in [1.807, 2.05) is 81.0 Å². The predicted molar refractivity (Wildman–Crippen MR) is 170 cm³/mol. The number of nitrogens with one attached hydrogen (secondary N) is 1. The Kier molecular flexibility index (Phi) is 29.7. The quantitative estimate of drug-likeness (QED) is 0.190. The molecule has 6 nitrogen and oxygen atoms in total. The van der Waals surface area contributed by atoms with Gasteiger partial charge in [-0.2, -0.15) is 0 Å². The van der Waals surface area contributed by atoms with Gasteiger partial charge < -0.3 is 24.4 Å². The van der Waals surface area contributed by atoms with E-state index < -0.39 is 0 Å². The average molecular weight is 547 g/mol. The molecule has 0 aromatic heterocycles. The van der Waals surface area contributed by atoms with Crippen LogP contribution in [-0.2, 0) is 19.0 Å². The first-order chi connectivity index (χ1) is 18.6. The fraction of sp³-hybridized carbons (Fsp3) is 0.545. The Balaban J connectivity index is -0.000000601. The molecule has 0 radical (unpaired) electrons. The summed E-state index contributed by atoms with van der Waals surface area (Å²) in [5.41, 5.74) is 3.07. The van der Waals surface area contributed by atoms with Crippen molar-refractivity contribution in [3.63, 3.8) is 0 Å². The minimum Gasteiger partial charge on any atom is -0.494 e. The van der Waals surface area contributed by atoms with Crippen LogP contribution in [0.5, 0.6) is 0 Å². The molecule has 1 N–H and O–H groups in total. The van der Waals surface area contributed by atoms with Crippen LogP contribution in [0.1, 0.15) is 53.9 Å². The van der Waals surface area contributed by atoms with Gasteiger partial charge in [-0.1, -0.05) is 56.9 Å². The first kappa shape index (κ1) is 40.8. The molecule has 0 saturated heterocycles. The molecular formula is C33H58N2O4. The molecule has 1 saturated carbocycles. The van der Waals surface area contributed by atoms with Crippen molar-refractivity contribution in [2.75, 3.05) is 62.2 Å². The summed E-state index contributed by atoms with van der Waals surface area (Å²) in [6.45, 7) is 19.4. The van der Waals surface area contributed by atoms with Gasteiger partial charge in [-0.3, -0.25) is 4.79 Å². The van der Waals surface area contributed by atoms with Gasteiger partial charge >= 0.3 is 0 Å². The van der Waals surface area contributed by atoms with Gasteiger partial charge in [0.05, 0.1) is 6.61 Å². The zero-order chi connectivity index (χ0) is 30.6. The van der Waals surface area contributed by atoms with E-state index in [2.05, 4.69) is 46.3 Å². The average Bonchev–Trinajstić information content (AvgIpc) is 3.25. The second-order valence-electron chi connectivity index (χ2n) is 8.75. The number of nitrogens with zero attached hydrogens (tertiary/aromatic N) is 1. The topological polar surface area (TPSA) is 60.0 Å². The first-order valence-electron chi connectivity index (χ1n) is 13.8. The number of Topliss-reactive ketones (excluding diaryl/α,β-unsaturated/α-hetero) is 1. The van der Waals surface area contributed by atoms with E-state index in [1.165, 1.54) is 0 Å². The van der Waals surface area contributed by atoms with E-state index in [0.29, 0.717) is 24.9 Å². The van der Waals surface area contributed by atoms with Gasteiger partial charge in [0.1, 0.15) is 18.1 Å². The molecule has 1 fully saturated rings. The monoisotopic (exact) mass is 546 g/mol. The van der Waals surface area contributed by atoms with Crippen LogP contribution >= 0.6 is 0 Å². The van der Waals surface area contributed by atoms with Crippen molar-refractivity contribution in [1.82, 2.24) is 10.2 Å². The zero-order valence-electron chi connectivity index (χ0n) is 26.9. The van der Waals surface area contributed by atoms with Crippen LogP contribution in [-0.4, -0.2) is 72.9 Å². The summed E-state index contributed by atoms with van der Waals surface area (Å²) < 4.78 is 14.9. The molecule has 0 aromatic rings. The number of likely N-dealkylation sites (N-methyl/N-ethyl adjacent to an activating group) is 1. The highest BCUT2D eigenvalue weighted by atomic mass is 16.5. The summed E-state index contributed by atoms with van der Waals surface area (Å²) in [4.78, 5) is 14.4. The molecule has 0 amide bonds. The smallest absolute Gasteiger partial charge is 0.184 e. The highest BCUT2D eigenvalue weighted by molar-refractivity contribution is 6.10. The number of carbonyl (C=O) groups is 1. The van der Waals surface area contributed by atoms with Crippen LogP contribution in [0.2, 0.25) is 0 Å². The first-order valence-corrected chi connectivity index (χ1v) is 13.8. The number of methoxy groups -OCH3 is 1. The third kappa shape index (κ3) is 23.0. The maximum absolute atomic E-state index is 12.4. The van der Waals surface area contributed by atoms with E-state index in [0.717, 1.165) is 48.3 Å². The van der Waals surface area contributed by atoms with Gasteiger partial charge in [-0.15, -0.1) is 0 Å². The third-order valence-corrected chi connectivity index (χ3v) is 4.98. The number of rotatable bonds is 9. The van der Waals surface area contributed by atoms with Crippen molar-refractivity contribution in [3.8, 4) is 0 Å². The number of allylic oxidation sites excluding steroid dienone is 10. The molecule has 39 heavy (non-hydrogen) atoms. The Morgan fingerprint density at radius 3 is 2.18 bits per heavy atom. The summed E-state index contributed by atoms with van der Waals surface area (Å²) in [6, 6.07) is 0. The van der Waals surface area contributed by atoms with Crippen molar-refractivity contribution in [2.45, 2.75) is 53.9 Å². The Morgan fingerprint density at radius 1 is 1.18 bits per heavy atom. The van der Waals surface area contributed by atoms with Gasteiger partial charge in [0.15, 0.2) is 5.78 Å². The SMILES string of the molecule is C/C=C(C)/C=C1\CC/C(=C\C2C=CC(OCC)=CC2)C1=O.C=CC(=C)OCCN(C)C.CC.CNC.COC. The molecule has 2 aliphatic rings. The maximum Gasteiger partial charge on any atom is 0.184 e. The van der Waals surface area contributed by atoms with Crippen LogP contribution in [0.15, 0.2) is 83.9 Å². The highest BCUT2D eigenvalue weighted by Gasteiger charge is 2.23. The lowest BCUT2D eigenvalue weighted by atomic mass is 9.96. The van der Waals surface area contributed by atoms with Crippen molar-refractivity contribution in [3.05, 3.63) is 83.9 Å². The van der Waals surface area contributed by atoms with Gasteiger partial charge in [0.25, 0.3) is 0 Å². The summed E-state index contributed by atoms with van der Waals surface area (Å²) >= 11 is 0. The van der Waals surface area contributed by atoms with Gasteiger partial charge in [-0.05, 0) is 97.9 Å². The minimum atomic E-state index is 0.226. The summed E-state index contributed by atoms with van der Waals surface area (Å²) in [5, 5.41) is 2.75. The second kappa shape index (κ2) is 28.3. The van der Waals surface area contributed by atoms with Crippen LogP contribution < -0.4 is 5.32 Å². The standard InChI is InChI=1S/C19H24O2.C8H15NO.C2H7N.C2H6O.C2H6/c1-4-14(3)12-16-8-9-17(19(16)20)13-15-6-10-18(11-7-15)21-5-2;1-5-8(2)10-7-6-9(3)4;2*1-3-2;1-2/h4,6,10-13,15H,5,7-9H2,1-3H3;5H,1-2,6-7H2,3-4H3;3H,1-2H3;1-2H3;1-2H3/b14-4+,16-12+,17-13+;;;;. The molecule has 6 heteroatoms. The van der Waals surface area contributed by atoms with Crippen molar-refractivity contribution < 1.29 is 19.0 Å². The van der Waals surface area contributed by atoms with E-state index in [9.17, 15) is 4.79 Å². The number of hydrogen-bond acceptors (Lipinski definition) is 6. The van der Waals surface area contributed by atoms with E-state index in [-0.39, 0.29) is 5.78 Å². The summed E-state index contributed by atoms with van der Waals surface area (Å²) in [5.74, 6) is 2.12. The molecule has 1 unspecified atom stereocenters. The molecule has 0 aromatic carbocycles. The lowest BCUT2D eigenvalue weighted by Crippen LogP contribution is -2.17. The largest absolute Gasteiger partial charge is 0.494 e. The minimum absolute atomic E-state index is 0.226. The molecule has 0 heterocycles. The van der Waals surface area contributed by atoms with E-state index >= 15 is 0 Å². The lowest BCUT2D eigenvalue weighted by Gasteiger charge is -2.13. The molecule has 0 bridgehead atoms. The predicted octanol–water partition coefficient (Wildman–Crippen LogP) is 7.05.